The standard InChI is InChI=1S/C12H15FN4/c1-9(14-2)7-10-8-15-16-17(10)12-6-4-3-5-11(12)13/h3-6,8-9,14H,7H2,1-2H3. The Bertz CT molecular complexity index is 495. The zero-order chi connectivity index (χ0) is 12.3. The van der Waals surface area contributed by atoms with Crippen LogP contribution in [-0.4, -0.2) is 28.1 Å². The first kappa shape index (κ1) is 11.7. The highest BCUT2D eigenvalue weighted by Crippen LogP contribution is 2.14. The summed E-state index contributed by atoms with van der Waals surface area (Å²) in [6.07, 6.45) is 2.41. The van der Waals surface area contributed by atoms with E-state index < -0.39 is 0 Å². The van der Waals surface area contributed by atoms with Gasteiger partial charge in [-0.3, -0.25) is 0 Å². The van der Waals surface area contributed by atoms with Gasteiger partial charge in [0.25, 0.3) is 0 Å². The number of para-hydroxylation sites is 1. The highest BCUT2D eigenvalue weighted by atomic mass is 19.1. The molecule has 0 amide bonds. The van der Waals surface area contributed by atoms with Crippen LogP contribution in [0.15, 0.2) is 30.5 Å². The van der Waals surface area contributed by atoms with Crippen molar-refractivity contribution in [1.82, 2.24) is 20.3 Å². The number of nitrogens with one attached hydrogen (secondary N) is 1. The number of nitrogens with zero attached hydrogens (tertiary/aromatic N) is 3. The molecule has 0 aliphatic heterocycles. The van der Waals surface area contributed by atoms with Gasteiger partial charge in [-0.05, 0) is 26.1 Å². The molecule has 1 atom stereocenters. The van der Waals surface area contributed by atoms with Crippen molar-refractivity contribution >= 4 is 0 Å². The van der Waals surface area contributed by atoms with Crippen LogP contribution in [0.4, 0.5) is 4.39 Å². The molecule has 0 bridgehead atoms. The molecule has 0 saturated heterocycles. The topological polar surface area (TPSA) is 42.7 Å². The van der Waals surface area contributed by atoms with E-state index in [4.69, 9.17) is 0 Å². The number of hydrogen-bond acceptors (Lipinski definition) is 3. The minimum atomic E-state index is -0.295. The maximum absolute atomic E-state index is 13.6. The molecule has 0 aliphatic rings. The Morgan fingerprint density at radius 1 is 1.41 bits per heavy atom. The summed E-state index contributed by atoms with van der Waals surface area (Å²) in [5.74, 6) is -0.295. The van der Waals surface area contributed by atoms with Crippen LogP contribution in [0.3, 0.4) is 0 Å². The van der Waals surface area contributed by atoms with E-state index in [0.717, 1.165) is 12.1 Å². The van der Waals surface area contributed by atoms with Crippen molar-refractivity contribution in [2.24, 2.45) is 0 Å². The van der Waals surface area contributed by atoms with Gasteiger partial charge in [-0.1, -0.05) is 17.3 Å². The van der Waals surface area contributed by atoms with Gasteiger partial charge in [0, 0.05) is 12.5 Å². The summed E-state index contributed by atoms with van der Waals surface area (Å²) in [6.45, 7) is 2.05. The second-order valence-electron chi connectivity index (χ2n) is 3.98. The lowest BCUT2D eigenvalue weighted by Crippen LogP contribution is -2.24. The lowest BCUT2D eigenvalue weighted by Gasteiger charge is -2.11. The maximum Gasteiger partial charge on any atom is 0.148 e. The van der Waals surface area contributed by atoms with Gasteiger partial charge < -0.3 is 5.32 Å². The number of halogens is 1. The van der Waals surface area contributed by atoms with Gasteiger partial charge in [0.1, 0.15) is 11.5 Å². The molecule has 4 nitrogen and oxygen atoms in total. The van der Waals surface area contributed by atoms with Crippen molar-refractivity contribution < 1.29 is 4.39 Å². The first-order valence-corrected chi connectivity index (χ1v) is 5.54. The second kappa shape index (κ2) is 5.05. The van der Waals surface area contributed by atoms with Crippen LogP contribution in [0.25, 0.3) is 5.69 Å². The Balaban J connectivity index is 2.34. The van der Waals surface area contributed by atoms with Gasteiger partial charge in [0.2, 0.25) is 0 Å². The fraction of sp³-hybridized carbons (Fsp3) is 0.333. The van der Waals surface area contributed by atoms with Crippen molar-refractivity contribution in [2.45, 2.75) is 19.4 Å². The second-order valence-corrected chi connectivity index (χ2v) is 3.98. The van der Waals surface area contributed by atoms with Gasteiger partial charge in [-0.25, -0.2) is 9.07 Å². The minimum Gasteiger partial charge on any atom is -0.317 e. The molecular formula is C12H15FN4. The van der Waals surface area contributed by atoms with Gasteiger partial charge in [0.15, 0.2) is 0 Å². The molecule has 1 aromatic heterocycles. The summed E-state index contributed by atoms with van der Waals surface area (Å²) < 4.78 is 15.2. The molecule has 90 valence electrons. The minimum absolute atomic E-state index is 0.291. The summed E-state index contributed by atoms with van der Waals surface area (Å²) in [6, 6.07) is 6.84. The molecule has 0 spiro atoms. The molecule has 5 heteroatoms. The predicted molar refractivity (Wildman–Crippen MR) is 63.5 cm³/mol. The predicted octanol–water partition coefficient (Wildman–Crippen LogP) is 1.56. The molecule has 2 rings (SSSR count). The number of hydrogen-bond donors (Lipinski definition) is 1. The van der Waals surface area contributed by atoms with Gasteiger partial charge in [-0.2, -0.15) is 0 Å². The zero-order valence-corrected chi connectivity index (χ0v) is 9.89. The number of rotatable bonds is 4. The fourth-order valence-electron chi connectivity index (χ4n) is 1.64. The van der Waals surface area contributed by atoms with Gasteiger partial charge in [-0.15, -0.1) is 5.10 Å². The molecule has 1 N–H and O–H groups in total. The molecule has 2 aromatic rings. The van der Waals surface area contributed by atoms with Crippen LogP contribution in [0.5, 0.6) is 0 Å². The first-order valence-electron chi connectivity index (χ1n) is 5.54. The Hall–Kier alpha value is -1.75. The Kier molecular flexibility index (Phi) is 3.49. The molecule has 1 aromatic carbocycles. The molecule has 0 fully saturated rings. The molecular weight excluding hydrogens is 219 g/mol. The normalized spacial score (nSPS) is 12.6. The van der Waals surface area contributed by atoms with E-state index >= 15 is 0 Å². The van der Waals surface area contributed by atoms with Crippen molar-refractivity contribution in [1.29, 1.82) is 0 Å². The van der Waals surface area contributed by atoms with Crippen LogP contribution in [0, 0.1) is 5.82 Å². The average molecular weight is 234 g/mol. The molecule has 1 heterocycles. The zero-order valence-electron chi connectivity index (χ0n) is 9.89. The molecule has 17 heavy (non-hydrogen) atoms. The first-order chi connectivity index (χ1) is 8.22. The Morgan fingerprint density at radius 3 is 2.88 bits per heavy atom. The number of aromatic nitrogens is 3. The number of benzene rings is 1. The molecule has 1 unspecified atom stereocenters. The number of likely N-dealkylation sites (N-methyl/N-ethyl adjacent to an activating group) is 1. The van der Waals surface area contributed by atoms with E-state index in [-0.39, 0.29) is 5.82 Å². The summed E-state index contributed by atoms with van der Waals surface area (Å²) in [4.78, 5) is 0. The van der Waals surface area contributed by atoms with Crippen molar-refractivity contribution in [3.8, 4) is 5.69 Å². The Morgan fingerprint density at radius 2 is 2.18 bits per heavy atom. The van der Waals surface area contributed by atoms with Crippen molar-refractivity contribution in [3.63, 3.8) is 0 Å². The van der Waals surface area contributed by atoms with Crippen molar-refractivity contribution in [2.75, 3.05) is 7.05 Å². The van der Waals surface area contributed by atoms with Crippen LogP contribution in [0.1, 0.15) is 12.6 Å². The van der Waals surface area contributed by atoms with Gasteiger partial charge >= 0.3 is 0 Å². The smallest absolute Gasteiger partial charge is 0.148 e. The lowest BCUT2D eigenvalue weighted by atomic mass is 10.2. The average Bonchev–Trinajstić information content (AvgIpc) is 2.77. The summed E-state index contributed by atoms with van der Waals surface area (Å²) in [7, 11) is 1.89. The quantitative estimate of drug-likeness (QED) is 0.873. The third-order valence-corrected chi connectivity index (χ3v) is 2.71. The van der Waals surface area contributed by atoms with E-state index in [1.54, 1.807) is 29.1 Å². The largest absolute Gasteiger partial charge is 0.317 e. The summed E-state index contributed by atoms with van der Waals surface area (Å²) >= 11 is 0. The summed E-state index contributed by atoms with van der Waals surface area (Å²) in [5.41, 5.74) is 1.32. The third-order valence-electron chi connectivity index (χ3n) is 2.71. The van der Waals surface area contributed by atoms with E-state index in [1.165, 1.54) is 6.07 Å². The van der Waals surface area contributed by atoms with Crippen LogP contribution >= 0.6 is 0 Å². The SMILES string of the molecule is CNC(C)Cc1cnnn1-c1ccccc1F. The highest BCUT2D eigenvalue weighted by Gasteiger charge is 2.11. The lowest BCUT2D eigenvalue weighted by molar-refractivity contribution is 0.572. The molecule has 0 radical (unpaired) electrons. The van der Waals surface area contributed by atoms with Gasteiger partial charge in [0.05, 0.1) is 11.9 Å². The monoisotopic (exact) mass is 234 g/mol. The van der Waals surface area contributed by atoms with Crippen molar-refractivity contribution in [3.05, 3.63) is 42.0 Å². The van der Waals surface area contributed by atoms with Crippen LogP contribution in [-0.2, 0) is 6.42 Å². The van der Waals surface area contributed by atoms with E-state index in [1.807, 2.05) is 7.05 Å². The van der Waals surface area contributed by atoms with Crippen LogP contribution < -0.4 is 5.32 Å². The molecule has 0 aliphatic carbocycles. The third kappa shape index (κ3) is 2.50. The van der Waals surface area contributed by atoms with Crippen LogP contribution in [0.2, 0.25) is 0 Å². The van der Waals surface area contributed by atoms with E-state index in [0.29, 0.717) is 11.7 Å². The summed E-state index contributed by atoms with van der Waals surface area (Å²) in [5, 5.41) is 10.9. The Labute approximate surface area is 99.5 Å². The highest BCUT2D eigenvalue weighted by molar-refractivity contribution is 5.33. The van der Waals surface area contributed by atoms with E-state index in [9.17, 15) is 4.39 Å². The molecule has 0 saturated carbocycles. The fourth-order valence-corrected chi connectivity index (χ4v) is 1.64. The maximum atomic E-state index is 13.6. The van der Waals surface area contributed by atoms with E-state index in [2.05, 4.69) is 22.6 Å².